The van der Waals surface area contributed by atoms with Gasteiger partial charge in [0.1, 0.15) is 0 Å². The van der Waals surface area contributed by atoms with Crippen molar-refractivity contribution in [2.75, 3.05) is 19.6 Å². The molecule has 0 bridgehead atoms. The van der Waals surface area contributed by atoms with E-state index in [1.165, 1.54) is 0 Å². The second-order valence-corrected chi connectivity index (χ2v) is 4.84. The lowest BCUT2D eigenvalue weighted by atomic mass is 10.1. The molecule has 0 saturated carbocycles. The third-order valence-corrected chi connectivity index (χ3v) is 3.58. The molecule has 1 N–H and O–H groups in total. The fourth-order valence-electron chi connectivity index (χ4n) is 2.48. The third kappa shape index (κ3) is 2.34. The minimum atomic E-state index is -2.72. The Bertz CT molecular complexity index is 283. The molecule has 2 aliphatic heterocycles. The van der Waals surface area contributed by atoms with Crippen LogP contribution in [0.3, 0.4) is 0 Å². The molecule has 0 aromatic rings. The van der Waals surface area contributed by atoms with E-state index >= 15 is 0 Å². The quantitative estimate of drug-likeness (QED) is 0.777. The fraction of sp³-hybridized carbons (Fsp3) is 0.909. The number of amides is 1. The molecule has 2 rings (SSSR count). The number of hydrogen-bond acceptors (Lipinski definition) is 2. The van der Waals surface area contributed by atoms with Gasteiger partial charge in [-0.15, -0.1) is 0 Å². The van der Waals surface area contributed by atoms with Crippen LogP contribution in [-0.4, -0.2) is 42.4 Å². The zero-order valence-electron chi connectivity index (χ0n) is 9.51. The van der Waals surface area contributed by atoms with Crippen molar-refractivity contribution in [3.05, 3.63) is 0 Å². The number of rotatable bonds is 2. The highest BCUT2D eigenvalue weighted by molar-refractivity contribution is 5.82. The van der Waals surface area contributed by atoms with Crippen LogP contribution in [0.25, 0.3) is 0 Å². The topological polar surface area (TPSA) is 32.3 Å². The van der Waals surface area contributed by atoms with E-state index in [0.29, 0.717) is 5.92 Å². The molecule has 2 saturated heterocycles. The van der Waals surface area contributed by atoms with Crippen molar-refractivity contribution in [3.63, 3.8) is 0 Å². The zero-order chi connectivity index (χ0) is 11.8. The summed E-state index contributed by atoms with van der Waals surface area (Å²) in [6.07, 6.45) is 1.71. The molecule has 2 unspecified atom stereocenters. The maximum atomic E-state index is 13.0. The van der Waals surface area contributed by atoms with Gasteiger partial charge in [-0.05, 0) is 12.3 Å². The second-order valence-electron chi connectivity index (χ2n) is 4.84. The van der Waals surface area contributed by atoms with Gasteiger partial charge >= 0.3 is 0 Å². The Balaban J connectivity index is 1.89. The largest absolute Gasteiger partial charge is 0.341 e. The van der Waals surface area contributed by atoms with Crippen LogP contribution in [0.15, 0.2) is 0 Å². The number of nitrogens with zero attached hydrogens (tertiary/aromatic N) is 1. The fourth-order valence-corrected chi connectivity index (χ4v) is 2.48. The number of carbonyl (C=O) groups is 1. The number of halogens is 2. The van der Waals surface area contributed by atoms with Gasteiger partial charge in [-0.1, -0.05) is 13.3 Å². The highest BCUT2D eigenvalue weighted by atomic mass is 19.3. The molecular formula is C11H18F2N2O. The number of carbonyl (C=O) groups excluding carboxylic acids is 1. The molecule has 3 nitrogen and oxygen atoms in total. The first-order valence-electron chi connectivity index (χ1n) is 5.92. The molecule has 2 heterocycles. The molecule has 2 aliphatic rings. The van der Waals surface area contributed by atoms with E-state index in [1.807, 2.05) is 0 Å². The lowest BCUT2D eigenvalue weighted by molar-refractivity contribution is -0.132. The molecule has 1 amide bonds. The van der Waals surface area contributed by atoms with Crippen molar-refractivity contribution >= 4 is 5.91 Å². The second kappa shape index (κ2) is 4.28. The van der Waals surface area contributed by atoms with Gasteiger partial charge in [-0.2, -0.15) is 0 Å². The summed E-state index contributed by atoms with van der Waals surface area (Å²) in [5.74, 6) is -2.32. The summed E-state index contributed by atoms with van der Waals surface area (Å²) in [6, 6.07) is -0.675. The summed E-state index contributed by atoms with van der Waals surface area (Å²) < 4.78 is 25.9. The van der Waals surface area contributed by atoms with E-state index in [-0.39, 0.29) is 18.9 Å². The minimum absolute atomic E-state index is 0.145. The van der Waals surface area contributed by atoms with Crippen molar-refractivity contribution in [3.8, 4) is 0 Å². The summed E-state index contributed by atoms with van der Waals surface area (Å²) >= 11 is 0. The average Bonchev–Trinajstić information content (AvgIpc) is 2.83. The molecular weight excluding hydrogens is 214 g/mol. The predicted molar refractivity (Wildman–Crippen MR) is 56.3 cm³/mol. The van der Waals surface area contributed by atoms with Gasteiger partial charge in [0.15, 0.2) is 0 Å². The van der Waals surface area contributed by atoms with E-state index in [9.17, 15) is 13.6 Å². The van der Waals surface area contributed by atoms with Crippen molar-refractivity contribution in [1.29, 1.82) is 0 Å². The Morgan fingerprint density at radius 2 is 2.31 bits per heavy atom. The Labute approximate surface area is 94.2 Å². The maximum Gasteiger partial charge on any atom is 0.262 e. The highest BCUT2D eigenvalue weighted by Crippen LogP contribution is 2.27. The summed E-state index contributed by atoms with van der Waals surface area (Å²) in [6.45, 7) is 3.19. The molecule has 0 aliphatic carbocycles. The van der Waals surface area contributed by atoms with Gasteiger partial charge in [0.2, 0.25) is 5.91 Å². The van der Waals surface area contributed by atoms with E-state index in [2.05, 4.69) is 12.2 Å². The first-order chi connectivity index (χ1) is 7.52. The van der Waals surface area contributed by atoms with E-state index in [4.69, 9.17) is 0 Å². The Morgan fingerprint density at radius 3 is 2.81 bits per heavy atom. The Morgan fingerprint density at radius 1 is 1.56 bits per heavy atom. The molecule has 0 aromatic heterocycles. The van der Waals surface area contributed by atoms with Gasteiger partial charge in [0.05, 0.1) is 12.6 Å². The normalized spacial score (nSPS) is 33.3. The minimum Gasteiger partial charge on any atom is -0.341 e. The zero-order valence-corrected chi connectivity index (χ0v) is 9.51. The Kier molecular flexibility index (Phi) is 3.15. The van der Waals surface area contributed by atoms with Gasteiger partial charge in [-0.3, -0.25) is 10.1 Å². The first-order valence-corrected chi connectivity index (χ1v) is 5.92. The SMILES string of the molecule is CCC1CCN(C(=O)C2CC(F)(F)CN2)C1. The smallest absolute Gasteiger partial charge is 0.262 e. The van der Waals surface area contributed by atoms with Crippen molar-refractivity contribution in [1.82, 2.24) is 10.2 Å². The summed E-state index contributed by atoms with van der Waals surface area (Å²) in [5, 5.41) is 2.62. The van der Waals surface area contributed by atoms with E-state index in [0.717, 1.165) is 25.9 Å². The maximum absolute atomic E-state index is 13.0. The molecule has 16 heavy (non-hydrogen) atoms. The first kappa shape index (κ1) is 11.8. The molecule has 92 valence electrons. The van der Waals surface area contributed by atoms with Crippen LogP contribution in [0.1, 0.15) is 26.2 Å². The molecule has 2 atom stereocenters. The lowest BCUT2D eigenvalue weighted by Crippen LogP contribution is -2.42. The van der Waals surface area contributed by atoms with Gasteiger partial charge < -0.3 is 4.90 Å². The van der Waals surface area contributed by atoms with Crippen LogP contribution in [-0.2, 0) is 4.79 Å². The van der Waals surface area contributed by atoms with E-state index in [1.54, 1.807) is 4.90 Å². The summed E-state index contributed by atoms with van der Waals surface area (Å²) in [4.78, 5) is 13.7. The number of nitrogens with one attached hydrogen (secondary N) is 1. The molecule has 0 radical (unpaired) electrons. The summed E-state index contributed by atoms with van der Waals surface area (Å²) in [7, 11) is 0. The van der Waals surface area contributed by atoms with Crippen molar-refractivity contribution in [2.24, 2.45) is 5.92 Å². The predicted octanol–water partition coefficient (Wildman–Crippen LogP) is 1.24. The number of hydrogen-bond donors (Lipinski definition) is 1. The van der Waals surface area contributed by atoms with Crippen molar-refractivity contribution in [2.45, 2.75) is 38.2 Å². The van der Waals surface area contributed by atoms with E-state index < -0.39 is 12.0 Å². The molecule has 2 fully saturated rings. The van der Waals surface area contributed by atoms with Gasteiger partial charge in [0.25, 0.3) is 5.92 Å². The summed E-state index contributed by atoms with van der Waals surface area (Å²) in [5.41, 5.74) is 0. The van der Waals surface area contributed by atoms with Crippen LogP contribution < -0.4 is 5.32 Å². The van der Waals surface area contributed by atoms with Crippen LogP contribution >= 0.6 is 0 Å². The number of likely N-dealkylation sites (tertiary alicyclic amines) is 1. The number of alkyl halides is 2. The standard InChI is InChI=1S/C11H18F2N2O/c1-2-8-3-4-15(6-8)10(16)9-5-11(12,13)7-14-9/h8-9,14H,2-7H2,1H3. The Hall–Kier alpha value is -0.710. The van der Waals surface area contributed by atoms with Gasteiger partial charge in [0, 0.05) is 19.5 Å². The van der Waals surface area contributed by atoms with Crippen molar-refractivity contribution < 1.29 is 13.6 Å². The third-order valence-electron chi connectivity index (χ3n) is 3.58. The highest BCUT2D eigenvalue weighted by Gasteiger charge is 2.44. The van der Waals surface area contributed by atoms with Crippen LogP contribution in [0.5, 0.6) is 0 Å². The van der Waals surface area contributed by atoms with Crippen LogP contribution in [0.4, 0.5) is 8.78 Å². The van der Waals surface area contributed by atoms with Gasteiger partial charge in [-0.25, -0.2) is 8.78 Å². The lowest BCUT2D eigenvalue weighted by Gasteiger charge is -2.20. The molecule has 0 spiro atoms. The van der Waals surface area contributed by atoms with Crippen LogP contribution in [0.2, 0.25) is 0 Å². The molecule has 5 heteroatoms. The average molecular weight is 232 g/mol. The monoisotopic (exact) mass is 232 g/mol. The molecule has 0 aromatic carbocycles. The van der Waals surface area contributed by atoms with Crippen LogP contribution in [0, 0.1) is 5.92 Å².